The minimum Gasteiger partial charge on any atom is -0.495 e. The van der Waals surface area contributed by atoms with Gasteiger partial charge in [-0.05, 0) is 43.2 Å². The zero-order valence-corrected chi connectivity index (χ0v) is 20.5. The smallest absolute Gasteiger partial charge is 0.175 e. The summed E-state index contributed by atoms with van der Waals surface area (Å²) in [5, 5.41) is 14.1. The van der Waals surface area contributed by atoms with Crippen LogP contribution in [0.5, 0.6) is 5.75 Å². The van der Waals surface area contributed by atoms with Crippen LogP contribution in [0.1, 0.15) is 17.7 Å². The predicted octanol–water partition coefficient (Wildman–Crippen LogP) is 2.96. The Bertz CT molecular complexity index is 1410. The van der Waals surface area contributed by atoms with Gasteiger partial charge in [0, 0.05) is 24.4 Å². The quantitative estimate of drug-likeness (QED) is 0.432. The summed E-state index contributed by atoms with van der Waals surface area (Å²) in [4.78, 5) is 0.180. The van der Waals surface area contributed by atoms with Gasteiger partial charge >= 0.3 is 0 Å². The van der Waals surface area contributed by atoms with Crippen molar-refractivity contribution in [3.05, 3.63) is 54.2 Å². The highest BCUT2D eigenvalue weighted by molar-refractivity contribution is 7.90. The molecule has 184 valence electrons. The molecule has 2 atom stereocenters. The largest absolute Gasteiger partial charge is 0.495 e. The second-order valence-corrected chi connectivity index (χ2v) is 10.2. The number of sulfone groups is 1. The van der Waals surface area contributed by atoms with Crippen LogP contribution in [-0.2, 0) is 9.84 Å². The van der Waals surface area contributed by atoms with E-state index in [9.17, 15) is 12.8 Å². The van der Waals surface area contributed by atoms with E-state index >= 15 is 0 Å². The first kappa shape index (κ1) is 24.6. The maximum Gasteiger partial charge on any atom is 0.175 e. The molecule has 0 amide bonds. The fraction of sp³-hybridized carbons (Fsp3) is 0.320. The van der Waals surface area contributed by atoms with Crippen LogP contribution in [0.4, 0.5) is 15.9 Å². The first-order valence-corrected chi connectivity index (χ1v) is 13.1. The molecule has 35 heavy (non-hydrogen) atoms. The predicted molar refractivity (Wildman–Crippen MR) is 137 cm³/mol. The summed E-state index contributed by atoms with van der Waals surface area (Å²) in [6, 6.07) is 10.0. The summed E-state index contributed by atoms with van der Waals surface area (Å²) in [6.07, 6.45) is 2.55. The second-order valence-electron chi connectivity index (χ2n) is 8.22. The first-order valence-electron chi connectivity index (χ1n) is 11.2. The molecule has 0 aliphatic carbocycles. The van der Waals surface area contributed by atoms with E-state index in [1.54, 1.807) is 16.7 Å². The van der Waals surface area contributed by atoms with Gasteiger partial charge in [0.15, 0.2) is 9.84 Å². The van der Waals surface area contributed by atoms with E-state index in [2.05, 4.69) is 39.5 Å². The molecule has 1 saturated heterocycles. The summed E-state index contributed by atoms with van der Waals surface area (Å²) < 4.78 is 44.9. The lowest BCUT2D eigenvalue weighted by Crippen LogP contribution is -2.45. The Morgan fingerprint density at radius 2 is 2.20 bits per heavy atom. The van der Waals surface area contributed by atoms with E-state index in [1.165, 1.54) is 19.2 Å². The number of aromatic nitrogens is 2. The molecular weight excluding hydrogens is 469 g/mol. The Hall–Kier alpha value is -3.55. The van der Waals surface area contributed by atoms with Crippen molar-refractivity contribution in [2.24, 2.45) is 0 Å². The van der Waals surface area contributed by atoms with Crippen molar-refractivity contribution in [3.8, 4) is 17.6 Å². The highest BCUT2D eigenvalue weighted by Gasteiger charge is 2.25. The van der Waals surface area contributed by atoms with Crippen molar-refractivity contribution in [1.29, 1.82) is 0 Å². The third kappa shape index (κ3) is 5.42. The zero-order valence-electron chi connectivity index (χ0n) is 19.6. The van der Waals surface area contributed by atoms with Gasteiger partial charge < -0.3 is 20.7 Å². The molecular formula is C25H28FN5O3S. The minimum absolute atomic E-state index is 0.180. The lowest BCUT2D eigenvalue weighted by atomic mass is 10.1. The van der Waals surface area contributed by atoms with E-state index in [0.717, 1.165) is 23.9 Å². The number of ether oxygens (including phenoxy) is 1. The standard InChI is InChI=1S/C25H28FN5O3S/c1-4-18-20(7-6-13-28-22-11-10-17(35(3,32)33)15-24(22)34-2)30-31-23(18)8-5-9-25(31)29-21-12-14-27-16-19(21)26/h4-5,8-11,15,19,21,27-29H,1,12-14,16H2,2-3H3/t19-,21+/m0/s1. The summed E-state index contributed by atoms with van der Waals surface area (Å²) in [5.41, 5.74) is 2.79. The molecule has 3 N–H and O–H groups in total. The molecule has 1 fully saturated rings. The van der Waals surface area contributed by atoms with Gasteiger partial charge in [-0.25, -0.2) is 17.3 Å². The van der Waals surface area contributed by atoms with Gasteiger partial charge in [-0.15, -0.1) is 0 Å². The van der Waals surface area contributed by atoms with Gasteiger partial charge in [-0.3, -0.25) is 0 Å². The van der Waals surface area contributed by atoms with Gasteiger partial charge in [0.25, 0.3) is 0 Å². The highest BCUT2D eigenvalue weighted by atomic mass is 32.2. The van der Waals surface area contributed by atoms with E-state index in [0.29, 0.717) is 35.9 Å². The number of anilines is 2. The van der Waals surface area contributed by atoms with Crippen molar-refractivity contribution in [1.82, 2.24) is 14.9 Å². The zero-order chi connectivity index (χ0) is 25.0. The molecule has 2 aromatic heterocycles. The highest BCUT2D eigenvalue weighted by Crippen LogP contribution is 2.27. The lowest BCUT2D eigenvalue weighted by molar-refractivity contribution is 0.244. The number of piperidine rings is 1. The Morgan fingerprint density at radius 3 is 2.91 bits per heavy atom. The second kappa shape index (κ2) is 10.4. The number of rotatable bonds is 7. The molecule has 0 unspecified atom stereocenters. The van der Waals surface area contributed by atoms with Gasteiger partial charge in [0.05, 0.1) is 35.8 Å². The monoisotopic (exact) mass is 497 g/mol. The molecule has 1 aliphatic heterocycles. The first-order chi connectivity index (χ1) is 16.8. The number of hydrogen-bond acceptors (Lipinski definition) is 7. The third-order valence-corrected chi connectivity index (χ3v) is 6.93. The molecule has 3 heterocycles. The number of fused-ring (bicyclic) bond motifs is 1. The van der Waals surface area contributed by atoms with Gasteiger partial charge in [-0.1, -0.05) is 24.6 Å². The molecule has 0 radical (unpaired) electrons. The molecule has 8 nitrogen and oxygen atoms in total. The average Bonchev–Trinajstić information content (AvgIpc) is 3.21. The Morgan fingerprint density at radius 1 is 1.37 bits per heavy atom. The Balaban J connectivity index is 1.54. The molecule has 1 aromatic carbocycles. The van der Waals surface area contributed by atoms with Crippen molar-refractivity contribution in [2.45, 2.75) is 23.5 Å². The van der Waals surface area contributed by atoms with Crippen LogP contribution in [0.2, 0.25) is 0 Å². The molecule has 10 heteroatoms. The number of alkyl halides is 1. The number of benzene rings is 1. The summed E-state index contributed by atoms with van der Waals surface area (Å²) in [7, 11) is -1.86. The van der Waals surface area contributed by atoms with Crippen LogP contribution in [-0.4, -0.2) is 63.2 Å². The fourth-order valence-electron chi connectivity index (χ4n) is 3.98. The molecule has 4 rings (SSSR count). The van der Waals surface area contributed by atoms with Crippen molar-refractivity contribution >= 4 is 32.9 Å². The number of methoxy groups -OCH3 is 1. The lowest BCUT2D eigenvalue weighted by Gasteiger charge is -2.28. The van der Waals surface area contributed by atoms with Crippen LogP contribution >= 0.6 is 0 Å². The van der Waals surface area contributed by atoms with Gasteiger partial charge in [-0.2, -0.15) is 5.10 Å². The van der Waals surface area contributed by atoms with E-state index in [-0.39, 0.29) is 17.5 Å². The average molecular weight is 498 g/mol. The molecule has 0 bridgehead atoms. The minimum atomic E-state index is -3.33. The van der Waals surface area contributed by atoms with E-state index in [1.807, 2.05) is 18.2 Å². The van der Waals surface area contributed by atoms with E-state index in [4.69, 9.17) is 4.74 Å². The number of nitrogens with zero attached hydrogens (tertiary/aromatic N) is 2. The van der Waals surface area contributed by atoms with Crippen LogP contribution in [0, 0.1) is 11.8 Å². The Labute approximate surface area is 204 Å². The van der Waals surface area contributed by atoms with Crippen LogP contribution in [0.3, 0.4) is 0 Å². The SMILES string of the molecule is C=Cc1c(C#CCNc2ccc(S(C)(=O)=O)cc2OC)nn2c(N[C@@H]3CCNC[C@@H]3F)cccc12. The van der Waals surface area contributed by atoms with Crippen LogP contribution < -0.4 is 20.7 Å². The summed E-state index contributed by atoms with van der Waals surface area (Å²) >= 11 is 0. The maximum absolute atomic E-state index is 14.3. The maximum atomic E-state index is 14.3. The van der Waals surface area contributed by atoms with Crippen molar-refractivity contribution < 1.29 is 17.5 Å². The number of pyridine rings is 1. The van der Waals surface area contributed by atoms with Crippen LogP contribution in [0.25, 0.3) is 11.6 Å². The van der Waals surface area contributed by atoms with Crippen LogP contribution in [0.15, 0.2) is 47.9 Å². The van der Waals surface area contributed by atoms with Crippen molar-refractivity contribution in [2.75, 3.05) is 43.6 Å². The van der Waals surface area contributed by atoms with Gasteiger partial charge in [0.1, 0.15) is 23.4 Å². The van der Waals surface area contributed by atoms with E-state index < -0.39 is 16.0 Å². The molecule has 0 saturated carbocycles. The summed E-state index contributed by atoms with van der Waals surface area (Å²) in [6.45, 7) is 5.28. The normalized spacial score (nSPS) is 17.9. The van der Waals surface area contributed by atoms with Gasteiger partial charge in [0.2, 0.25) is 0 Å². The molecule has 3 aromatic rings. The number of halogens is 1. The Kier molecular flexibility index (Phi) is 7.28. The number of nitrogens with one attached hydrogen (secondary N) is 3. The third-order valence-electron chi connectivity index (χ3n) is 5.82. The fourth-order valence-corrected chi connectivity index (χ4v) is 4.62. The molecule has 0 spiro atoms. The van der Waals surface area contributed by atoms with Crippen molar-refractivity contribution in [3.63, 3.8) is 0 Å². The molecule has 1 aliphatic rings. The topological polar surface area (TPSA) is 96.8 Å². The summed E-state index contributed by atoms with van der Waals surface area (Å²) in [5.74, 6) is 7.22. The number of hydrogen-bond donors (Lipinski definition) is 3.